The molecule has 0 saturated carbocycles. The van der Waals surface area contributed by atoms with Gasteiger partial charge in [-0.3, -0.25) is 9.59 Å². The van der Waals surface area contributed by atoms with Gasteiger partial charge >= 0.3 is 5.97 Å². The van der Waals surface area contributed by atoms with Crippen LogP contribution in [0.3, 0.4) is 0 Å². The maximum atomic E-state index is 11.8. The molecule has 0 fully saturated rings. The Morgan fingerprint density at radius 2 is 2.11 bits per heavy atom. The number of hydrogen-bond donors (Lipinski definition) is 3. The Morgan fingerprint density at radius 1 is 1.44 bits per heavy atom. The van der Waals surface area contributed by atoms with Gasteiger partial charge in [-0.25, -0.2) is 0 Å². The molecule has 0 aliphatic carbocycles. The van der Waals surface area contributed by atoms with Crippen molar-refractivity contribution in [1.29, 1.82) is 0 Å². The largest absolute Gasteiger partial charge is 0.507 e. The molecule has 3 N–H and O–H groups in total. The van der Waals surface area contributed by atoms with Crippen LogP contribution >= 0.6 is 11.6 Å². The van der Waals surface area contributed by atoms with E-state index in [-0.39, 0.29) is 23.8 Å². The monoisotopic (exact) mass is 271 g/mol. The number of aromatic hydroxyl groups is 1. The number of phenolic OH excluding ortho intramolecular Hbond substituents is 1. The first kappa shape index (κ1) is 14.3. The minimum Gasteiger partial charge on any atom is -0.507 e. The molecular weight excluding hydrogens is 258 g/mol. The molecule has 1 atom stereocenters. The summed E-state index contributed by atoms with van der Waals surface area (Å²) in [5.74, 6) is -1.57. The smallest absolute Gasteiger partial charge is 0.303 e. The summed E-state index contributed by atoms with van der Waals surface area (Å²) in [5.41, 5.74) is 0.113. The second-order valence-corrected chi connectivity index (χ2v) is 4.40. The number of carboxylic acids is 1. The summed E-state index contributed by atoms with van der Waals surface area (Å²) in [6.07, 6.45) is 0.309. The van der Waals surface area contributed by atoms with Crippen LogP contribution in [-0.4, -0.2) is 28.1 Å². The number of hydrogen-bond acceptors (Lipinski definition) is 3. The number of carboxylic acid groups (broad SMARTS) is 1. The van der Waals surface area contributed by atoms with Crippen LogP contribution in [0, 0.1) is 0 Å². The Morgan fingerprint density at radius 3 is 2.67 bits per heavy atom. The molecule has 98 valence electrons. The molecule has 0 aliphatic rings. The van der Waals surface area contributed by atoms with Crippen LogP contribution in [0.15, 0.2) is 18.2 Å². The maximum absolute atomic E-state index is 11.8. The van der Waals surface area contributed by atoms with Gasteiger partial charge in [0.25, 0.3) is 5.91 Å². The van der Waals surface area contributed by atoms with E-state index in [0.717, 1.165) is 0 Å². The van der Waals surface area contributed by atoms with Crippen molar-refractivity contribution in [2.75, 3.05) is 0 Å². The van der Waals surface area contributed by atoms with Crippen molar-refractivity contribution in [1.82, 2.24) is 5.32 Å². The Hall–Kier alpha value is -1.75. The van der Waals surface area contributed by atoms with Crippen LogP contribution in [0.5, 0.6) is 5.75 Å². The highest BCUT2D eigenvalue weighted by atomic mass is 35.5. The SMILES string of the molecule is CC(CCC(=O)O)NC(=O)c1ccc(Cl)cc1O. The van der Waals surface area contributed by atoms with Gasteiger partial charge in [0.05, 0.1) is 5.56 Å². The molecule has 1 aromatic carbocycles. The molecule has 0 bridgehead atoms. The van der Waals surface area contributed by atoms with Crippen LogP contribution in [0.2, 0.25) is 5.02 Å². The van der Waals surface area contributed by atoms with E-state index in [4.69, 9.17) is 16.7 Å². The molecule has 5 nitrogen and oxygen atoms in total. The quantitative estimate of drug-likeness (QED) is 0.765. The van der Waals surface area contributed by atoms with Crippen molar-refractivity contribution in [3.05, 3.63) is 28.8 Å². The second kappa shape index (κ2) is 6.26. The Bertz CT molecular complexity index is 461. The average Bonchev–Trinajstić information content (AvgIpc) is 2.26. The first-order chi connectivity index (χ1) is 8.40. The average molecular weight is 272 g/mol. The first-order valence-corrected chi connectivity index (χ1v) is 5.79. The summed E-state index contributed by atoms with van der Waals surface area (Å²) in [6, 6.07) is 3.90. The lowest BCUT2D eigenvalue weighted by atomic mass is 10.1. The van der Waals surface area contributed by atoms with Crippen LogP contribution in [0.25, 0.3) is 0 Å². The van der Waals surface area contributed by atoms with Crippen molar-refractivity contribution in [3.8, 4) is 5.75 Å². The zero-order chi connectivity index (χ0) is 13.7. The van der Waals surface area contributed by atoms with E-state index in [0.29, 0.717) is 11.4 Å². The lowest BCUT2D eigenvalue weighted by Crippen LogP contribution is -2.32. The van der Waals surface area contributed by atoms with Gasteiger partial charge in [0.1, 0.15) is 5.75 Å². The highest BCUT2D eigenvalue weighted by Crippen LogP contribution is 2.21. The van der Waals surface area contributed by atoms with Crippen molar-refractivity contribution < 1.29 is 19.8 Å². The third kappa shape index (κ3) is 4.25. The van der Waals surface area contributed by atoms with Crippen LogP contribution in [0.1, 0.15) is 30.1 Å². The molecule has 18 heavy (non-hydrogen) atoms. The molecule has 0 radical (unpaired) electrons. The van der Waals surface area contributed by atoms with Gasteiger partial charge in [-0.05, 0) is 31.5 Å². The van der Waals surface area contributed by atoms with Gasteiger partial charge in [-0.1, -0.05) is 11.6 Å². The van der Waals surface area contributed by atoms with Crippen molar-refractivity contribution in [2.45, 2.75) is 25.8 Å². The van der Waals surface area contributed by atoms with E-state index in [1.54, 1.807) is 6.92 Å². The number of rotatable bonds is 5. The molecule has 1 unspecified atom stereocenters. The molecule has 6 heteroatoms. The fraction of sp³-hybridized carbons (Fsp3) is 0.333. The number of phenols is 1. The molecule has 0 spiro atoms. The Kier molecular flexibility index (Phi) is 4.97. The third-order valence-electron chi connectivity index (χ3n) is 2.37. The van der Waals surface area contributed by atoms with E-state index in [1.165, 1.54) is 18.2 Å². The molecule has 0 aromatic heterocycles. The number of amides is 1. The number of benzene rings is 1. The predicted molar refractivity (Wildman–Crippen MR) is 66.9 cm³/mol. The second-order valence-electron chi connectivity index (χ2n) is 3.97. The van der Waals surface area contributed by atoms with Gasteiger partial charge in [-0.15, -0.1) is 0 Å². The molecule has 0 saturated heterocycles. The summed E-state index contributed by atoms with van der Waals surface area (Å²) in [4.78, 5) is 22.2. The fourth-order valence-electron chi connectivity index (χ4n) is 1.41. The molecule has 1 aromatic rings. The minimum absolute atomic E-state index is 0.0198. The van der Waals surface area contributed by atoms with Gasteiger partial charge < -0.3 is 15.5 Å². The summed E-state index contributed by atoms with van der Waals surface area (Å²) in [5, 5.41) is 21.0. The highest BCUT2D eigenvalue weighted by molar-refractivity contribution is 6.30. The van der Waals surface area contributed by atoms with Crippen LogP contribution in [0.4, 0.5) is 0 Å². The standard InChI is InChI=1S/C12H14ClNO4/c1-7(2-5-11(16)17)14-12(18)9-4-3-8(13)6-10(9)15/h3-4,6-7,15H,2,5H2,1H3,(H,14,18)(H,16,17). The van der Waals surface area contributed by atoms with Gasteiger partial charge in [0.2, 0.25) is 0 Å². The van der Waals surface area contributed by atoms with Gasteiger partial charge in [0, 0.05) is 17.5 Å². The first-order valence-electron chi connectivity index (χ1n) is 5.41. The topological polar surface area (TPSA) is 86.6 Å². The number of nitrogens with one attached hydrogen (secondary N) is 1. The zero-order valence-corrected chi connectivity index (χ0v) is 10.6. The number of halogens is 1. The number of carbonyl (C=O) groups excluding carboxylic acids is 1. The predicted octanol–water partition coefficient (Wildman–Crippen LogP) is 2.03. The third-order valence-corrected chi connectivity index (χ3v) is 2.61. The summed E-state index contributed by atoms with van der Waals surface area (Å²) < 4.78 is 0. The molecule has 1 rings (SSSR count). The van der Waals surface area contributed by atoms with E-state index in [1.807, 2.05) is 0 Å². The molecular formula is C12H14ClNO4. The maximum Gasteiger partial charge on any atom is 0.303 e. The summed E-state index contributed by atoms with van der Waals surface area (Å²) in [6.45, 7) is 1.70. The Labute approximate surface area is 109 Å². The van der Waals surface area contributed by atoms with Crippen LogP contribution in [-0.2, 0) is 4.79 Å². The van der Waals surface area contributed by atoms with Crippen LogP contribution < -0.4 is 5.32 Å². The Balaban J connectivity index is 2.62. The molecule has 0 heterocycles. The molecule has 0 aliphatic heterocycles. The van der Waals surface area contributed by atoms with E-state index in [2.05, 4.69) is 5.32 Å². The number of carbonyl (C=O) groups is 2. The molecule has 1 amide bonds. The summed E-state index contributed by atoms with van der Waals surface area (Å²) >= 11 is 5.65. The lowest BCUT2D eigenvalue weighted by Gasteiger charge is -2.13. The number of aliphatic carboxylic acids is 1. The van der Waals surface area contributed by atoms with Crippen molar-refractivity contribution in [2.24, 2.45) is 0 Å². The lowest BCUT2D eigenvalue weighted by molar-refractivity contribution is -0.137. The highest BCUT2D eigenvalue weighted by Gasteiger charge is 2.14. The van der Waals surface area contributed by atoms with E-state index >= 15 is 0 Å². The fourth-order valence-corrected chi connectivity index (χ4v) is 1.58. The van der Waals surface area contributed by atoms with Crippen molar-refractivity contribution >= 4 is 23.5 Å². The van der Waals surface area contributed by atoms with Gasteiger partial charge in [-0.2, -0.15) is 0 Å². The zero-order valence-electron chi connectivity index (χ0n) is 9.81. The minimum atomic E-state index is -0.912. The van der Waals surface area contributed by atoms with Crippen molar-refractivity contribution in [3.63, 3.8) is 0 Å². The summed E-state index contributed by atoms with van der Waals surface area (Å²) in [7, 11) is 0. The normalized spacial score (nSPS) is 11.9. The van der Waals surface area contributed by atoms with E-state index in [9.17, 15) is 14.7 Å². The van der Waals surface area contributed by atoms with Gasteiger partial charge in [0.15, 0.2) is 0 Å². The van der Waals surface area contributed by atoms with E-state index < -0.39 is 11.9 Å².